The number of guanidine groups is 1. The van der Waals surface area contributed by atoms with Gasteiger partial charge in [0, 0.05) is 26.7 Å². The van der Waals surface area contributed by atoms with Gasteiger partial charge in [-0.05, 0) is 31.4 Å². The number of hydrogen-bond donors (Lipinski definition) is 2. The number of nitrogens with zero attached hydrogens (tertiary/aromatic N) is 2. The van der Waals surface area contributed by atoms with E-state index in [1.165, 1.54) is 18.4 Å². The van der Waals surface area contributed by atoms with Crippen LogP contribution in [0.15, 0.2) is 34.2 Å². The average Bonchev–Trinajstić information content (AvgIpc) is 3.29. The van der Waals surface area contributed by atoms with Gasteiger partial charge in [-0.15, -0.1) is 0 Å². The molecule has 6 nitrogen and oxygen atoms in total. The Morgan fingerprint density at radius 2 is 2.00 bits per heavy atom. The van der Waals surface area contributed by atoms with Crippen LogP contribution in [0.5, 0.6) is 0 Å². The fraction of sp³-hybridized carbons (Fsp3) is 0.533. The van der Waals surface area contributed by atoms with E-state index in [-0.39, 0.29) is 0 Å². The van der Waals surface area contributed by atoms with Crippen LogP contribution in [0, 0.1) is 0 Å². The summed E-state index contributed by atoms with van der Waals surface area (Å²) in [5.41, 5.74) is 0.698. The van der Waals surface area contributed by atoms with Crippen molar-refractivity contribution in [2.24, 2.45) is 4.99 Å². The molecule has 22 heavy (non-hydrogen) atoms. The molecule has 0 aliphatic heterocycles. The van der Waals surface area contributed by atoms with Gasteiger partial charge in [-0.2, -0.15) is 0 Å². The molecule has 2 rings (SSSR count). The number of benzene rings is 1. The van der Waals surface area contributed by atoms with Crippen molar-refractivity contribution in [1.82, 2.24) is 14.9 Å². The summed E-state index contributed by atoms with van der Waals surface area (Å²) in [4.78, 5) is 4.82. The second-order valence-electron chi connectivity index (χ2n) is 5.51. The molecule has 0 heterocycles. The van der Waals surface area contributed by atoms with Crippen LogP contribution in [-0.2, 0) is 16.6 Å². The van der Waals surface area contributed by atoms with Crippen LogP contribution in [0.2, 0.25) is 0 Å². The minimum atomic E-state index is -3.46. The highest BCUT2D eigenvalue weighted by molar-refractivity contribution is 7.89. The molecular weight excluding hydrogens is 300 g/mol. The number of hydrogen-bond acceptors (Lipinski definition) is 3. The Morgan fingerprint density at radius 3 is 2.59 bits per heavy atom. The fourth-order valence-corrected chi connectivity index (χ4v) is 3.10. The van der Waals surface area contributed by atoms with Crippen LogP contribution in [0.4, 0.5) is 0 Å². The van der Waals surface area contributed by atoms with Crippen LogP contribution in [0.3, 0.4) is 0 Å². The summed E-state index contributed by atoms with van der Waals surface area (Å²) in [6.45, 7) is 3.11. The van der Waals surface area contributed by atoms with E-state index < -0.39 is 10.0 Å². The zero-order valence-electron chi connectivity index (χ0n) is 13.3. The summed E-state index contributed by atoms with van der Waals surface area (Å²) in [5, 5.41) is 6.51. The third kappa shape index (κ3) is 4.20. The van der Waals surface area contributed by atoms with Gasteiger partial charge in [0.15, 0.2) is 5.96 Å². The van der Waals surface area contributed by atoms with E-state index in [9.17, 15) is 8.42 Å². The van der Waals surface area contributed by atoms with Gasteiger partial charge >= 0.3 is 0 Å². The van der Waals surface area contributed by atoms with Crippen molar-refractivity contribution >= 4 is 16.0 Å². The number of aliphatic imine (C=N–C) groups is 1. The van der Waals surface area contributed by atoms with Crippen molar-refractivity contribution in [2.45, 2.75) is 37.2 Å². The van der Waals surface area contributed by atoms with Gasteiger partial charge in [-0.3, -0.25) is 0 Å². The van der Waals surface area contributed by atoms with E-state index in [1.807, 2.05) is 13.0 Å². The van der Waals surface area contributed by atoms with Gasteiger partial charge in [0.2, 0.25) is 10.0 Å². The first-order chi connectivity index (χ1) is 10.4. The lowest BCUT2D eigenvalue weighted by Crippen LogP contribution is -2.38. The quantitative estimate of drug-likeness (QED) is 0.608. The maximum absolute atomic E-state index is 12.4. The van der Waals surface area contributed by atoms with Crippen molar-refractivity contribution in [3.8, 4) is 0 Å². The normalized spacial score (nSPS) is 15.9. The Hall–Kier alpha value is -1.60. The van der Waals surface area contributed by atoms with E-state index in [0.29, 0.717) is 23.0 Å². The third-order valence-corrected chi connectivity index (χ3v) is 5.32. The van der Waals surface area contributed by atoms with E-state index >= 15 is 0 Å². The summed E-state index contributed by atoms with van der Waals surface area (Å²) >= 11 is 0. The summed E-state index contributed by atoms with van der Waals surface area (Å²) in [6.07, 6.45) is 2.33. The molecule has 0 spiro atoms. The first kappa shape index (κ1) is 16.8. The number of rotatable bonds is 6. The largest absolute Gasteiger partial charge is 0.357 e. The molecule has 0 atom stereocenters. The molecule has 1 fully saturated rings. The molecule has 1 aliphatic rings. The van der Waals surface area contributed by atoms with Crippen LogP contribution < -0.4 is 10.6 Å². The molecule has 1 aliphatic carbocycles. The highest BCUT2D eigenvalue weighted by Crippen LogP contribution is 2.20. The Balaban J connectivity index is 2.21. The van der Waals surface area contributed by atoms with Crippen molar-refractivity contribution in [3.63, 3.8) is 0 Å². The molecule has 2 N–H and O–H groups in total. The number of sulfonamides is 1. The second-order valence-corrected chi connectivity index (χ2v) is 7.63. The molecule has 122 valence electrons. The van der Waals surface area contributed by atoms with Crippen LogP contribution >= 0.6 is 0 Å². The molecule has 0 unspecified atom stereocenters. The van der Waals surface area contributed by atoms with E-state index in [2.05, 4.69) is 15.6 Å². The molecule has 0 saturated heterocycles. The lowest BCUT2D eigenvalue weighted by molar-refractivity contribution is 0.519. The van der Waals surface area contributed by atoms with Crippen molar-refractivity contribution in [3.05, 3.63) is 29.8 Å². The van der Waals surface area contributed by atoms with Crippen LogP contribution in [-0.4, -0.2) is 45.4 Å². The Kier molecular flexibility index (Phi) is 5.42. The molecule has 1 aromatic carbocycles. The maximum Gasteiger partial charge on any atom is 0.242 e. The molecular formula is C15H24N4O2S. The fourth-order valence-electron chi connectivity index (χ4n) is 1.99. The van der Waals surface area contributed by atoms with Gasteiger partial charge in [-0.25, -0.2) is 17.7 Å². The van der Waals surface area contributed by atoms with Crippen molar-refractivity contribution < 1.29 is 8.42 Å². The van der Waals surface area contributed by atoms with Crippen molar-refractivity contribution in [2.75, 3.05) is 20.6 Å². The third-order valence-electron chi connectivity index (χ3n) is 3.40. The lowest BCUT2D eigenvalue weighted by atomic mass is 10.2. The summed E-state index contributed by atoms with van der Waals surface area (Å²) < 4.78 is 25.9. The Morgan fingerprint density at radius 1 is 1.32 bits per heavy atom. The lowest BCUT2D eigenvalue weighted by Gasteiger charge is -2.15. The van der Waals surface area contributed by atoms with Gasteiger partial charge in [0.05, 0.1) is 11.4 Å². The first-order valence-electron chi connectivity index (χ1n) is 7.50. The molecule has 0 aromatic heterocycles. The van der Waals surface area contributed by atoms with Gasteiger partial charge in [0.25, 0.3) is 0 Å². The molecule has 0 radical (unpaired) electrons. The summed E-state index contributed by atoms with van der Waals surface area (Å²) in [6, 6.07) is 7.50. The predicted octanol–water partition coefficient (Wildman–Crippen LogP) is 1.15. The van der Waals surface area contributed by atoms with Gasteiger partial charge in [-0.1, -0.05) is 18.2 Å². The summed E-state index contributed by atoms with van der Waals surface area (Å²) in [5.74, 6) is 0.738. The van der Waals surface area contributed by atoms with Crippen LogP contribution in [0.25, 0.3) is 0 Å². The first-order valence-corrected chi connectivity index (χ1v) is 8.94. The standard InChI is InChI=1S/C15H24N4O2S/c1-4-16-15(18-13-9-10-13)17-11-12-7-5-6-8-14(12)22(20,21)19(2)3/h5-8,13H,4,9-11H2,1-3H3,(H2,16,17,18). The Bertz CT molecular complexity index is 637. The molecule has 1 aromatic rings. The van der Waals surface area contributed by atoms with Crippen LogP contribution in [0.1, 0.15) is 25.3 Å². The monoisotopic (exact) mass is 324 g/mol. The Labute approximate surface area is 132 Å². The second kappa shape index (κ2) is 7.11. The highest BCUT2D eigenvalue weighted by atomic mass is 32.2. The zero-order chi connectivity index (χ0) is 16.2. The highest BCUT2D eigenvalue weighted by Gasteiger charge is 2.23. The van der Waals surface area contributed by atoms with E-state index in [0.717, 1.165) is 25.3 Å². The van der Waals surface area contributed by atoms with E-state index in [1.54, 1.807) is 18.2 Å². The molecule has 1 saturated carbocycles. The average molecular weight is 324 g/mol. The van der Waals surface area contributed by atoms with Gasteiger partial charge in [0.1, 0.15) is 0 Å². The molecule has 7 heteroatoms. The smallest absolute Gasteiger partial charge is 0.242 e. The SMILES string of the molecule is CCNC(=NCc1ccccc1S(=O)(=O)N(C)C)NC1CC1. The molecule has 0 amide bonds. The van der Waals surface area contributed by atoms with E-state index in [4.69, 9.17) is 0 Å². The minimum absolute atomic E-state index is 0.311. The minimum Gasteiger partial charge on any atom is -0.357 e. The topological polar surface area (TPSA) is 73.8 Å². The van der Waals surface area contributed by atoms with Gasteiger partial charge < -0.3 is 10.6 Å². The molecule has 0 bridgehead atoms. The number of nitrogens with one attached hydrogen (secondary N) is 2. The predicted molar refractivity (Wildman–Crippen MR) is 88.3 cm³/mol. The van der Waals surface area contributed by atoms with Crippen molar-refractivity contribution in [1.29, 1.82) is 0 Å². The maximum atomic E-state index is 12.4. The summed E-state index contributed by atoms with van der Waals surface area (Å²) in [7, 11) is -0.384. The zero-order valence-corrected chi connectivity index (χ0v) is 14.2.